The molecule has 37 heavy (non-hydrogen) atoms. The molecule has 0 atom stereocenters. The second-order valence-corrected chi connectivity index (χ2v) is 10.5. The van der Waals surface area contributed by atoms with Crippen molar-refractivity contribution < 1.29 is 0 Å². The quantitative estimate of drug-likeness (QED) is 0.238. The number of hydrogen-bond acceptors (Lipinski definition) is 0. The lowest BCUT2D eigenvalue weighted by molar-refractivity contribution is 1.00. The van der Waals surface area contributed by atoms with E-state index in [2.05, 4.69) is 132 Å². The molecule has 5 aromatic carbocycles. The fraction of sp³-hybridized carbons (Fsp3) is 0.118. The Morgan fingerprint density at radius 1 is 0.378 bits per heavy atom. The van der Waals surface area contributed by atoms with Gasteiger partial charge in [0, 0.05) is 75.5 Å². The largest absolute Gasteiger partial charge is 0.344 e. The van der Waals surface area contributed by atoms with Crippen molar-refractivity contribution in [3.05, 3.63) is 108 Å². The molecule has 0 spiro atoms. The third kappa shape index (κ3) is 2.77. The van der Waals surface area contributed by atoms with Crippen LogP contribution in [0.5, 0.6) is 0 Å². The molecule has 0 radical (unpaired) electrons. The smallest absolute Gasteiger partial charge is 0.0510 e. The first kappa shape index (κ1) is 20.7. The number of benzene rings is 5. The predicted molar refractivity (Wildman–Crippen MR) is 158 cm³/mol. The number of hydrogen-bond donors (Lipinski definition) is 0. The highest BCUT2D eigenvalue weighted by atomic mass is 15.0. The Morgan fingerprint density at radius 3 is 1.35 bits per heavy atom. The average molecular weight is 478 g/mol. The summed E-state index contributed by atoms with van der Waals surface area (Å²) in [5.74, 6) is 0. The Kier molecular flexibility index (Phi) is 4.06. The molecule has 0 amide bonds. The Morgan fingerprint density at radius 2 is 0.784 bits per heavy atom. The molecule has 0 saturated carbocycles. The van der Waals surface area contributed by atoms with Gasteiger partial charge in [0.15, 0.2) is 0 Å². The molecule has 178 valence electrons. The van der Waals surface area contributed by atoms with Crippen LogP contribution < -0.4 is 0 Å². The summed E-state index contributed by atoms with van der Waals surface area (Å²) in [5, 5.41) is 7.96. The standard InChI is InChI=1S/C34H27N3/c1-35-29-10-6-4-8-23(29)25-17-21(12-14-31(25)35)16-22-13-15-32-26(18-22)28-19-27-24-9-5-7-11-30(24)36(2)33(27)20-34(28)37(32)3/h4-15,17-20H,16H2,1-3H3. The molecule has 0 aliphatic heterocycles. The minimum absolute atomic E-state index is 0.919. The maximum atomic E-state index is 2.40. The number of para-hydroxylation sites is 2. The van der Waals surface area contributed by atoms with Crippen LogP contribution in [-0.2, 0) is 27.6 Å². The van der Waals surface area contributed by atoms with Gasteiger partial charge < -0.3 is 13.7 Å². The van der Waals surface area contributed by atoms with Gasteiger partial charge in [0.25, 0.3) is 0 Å². The molecule has 0 N–H and O–H groups in total. The lowest BCUT2D eigenvalue weighted by Gasteiger charge is -2.05. The molecular formula is C34H27N3. The molecule has 0 aliphatic carbocycles. The third-order valence-electron chi connectivity index (χ3n) is 8.49. The number of nitrogens with zero attached hydrogens (tertiary/aromatic N) is 3. The van der Waals surface area contributed by atoms with Gasteiger partial charge in [0.05, 0.1) is 11.0 Å². The van der Waals surface area contributed by atoms with Crippen LogP contribution in [-0.4, -0.2) is 13.7 Å². The van der Waals surface area contributed by atoms with Crippen LogP contribution in [0.1, 0.15) is 11.1 Å². The summed E-state index contributed by atoms with van der Waals surface area (Å²) >= 11 is 0. The summed E-state index contributed by atoms with van der Waals surface area (Å²) in [5.41, 5.74) is 10.4. The van der Waals surface area contributed by atoms with Crippen molar-refractivity contribution in [1.29, 1.82) is 0 Å². The summed E-state index contributed by atoms with van der Waals surface area (Å²) in [6, 6.07) is 36.1. The van der Waals surface area contributed by atoms with Crippen molar-refractivity contribution in [2.45, 2.75) is 6.42 Å². The number of rotatable bonds is 2. The zero-order valence-corrected chi connectivity index (χ0v) is 21.3. The van der Waals surface area contributed by atoms with E-state index >= 15 is 0 Å². The lowest BCUT2D eigenvalue weighted by atomic mass is 10.0. The molecular weight excluding hydrogens is 450 g/mol. The number of fused-ring (bicyclic) bond motifs is 9. The van der Waals surface area contributed by atoms with Gasteiger partial charge in [-0.25, -0.2) is 0 Å². The molecule has 3 heterocycles. The number of aryl methyl sites for hydroxylation is 3. The van der Waals surface area contributed by atoms with Crippen molar-refractivity contribution >= 4 is 65.4 Å². The molecule has 3 heteroatoms. The molecule has 3 aromatic heterocycles. The van der Waals surface area contributed by atoms with E-state index in [1.165, 1.54) is 76.5 Å². The topological polar surface area (TPSA) is 14.8 Å². The van der Waals surface area contributed by atoms with Crippen molar-refractivity contribution in [3.63, 3.8) is 0 Å². The first-order valence-corrected chi connectivity index (χ1v) is 12.9. The monoisotopic (exact) mass is 477 g/mol. The minimum Gasteiger partial charge on any atom is -0.344 e. The summed E-state index contributed by atoms with van der Waals surface area (Å²) < 4.78 is 6.95. The van der Waals surface area contributed by atoms with Crippen molar-refractivity contribution in [2.24, 2.45) is 21.1 Å². The number of aromatic nitrogens is 3. The van der Waals surface area contributed by atoms with Crippen LogP contribution in [0.3, 0.4) is 0 Å². The SMILES string of the molecule is Cn1c2ccccc2c2cc(Cc3ccc4c(c3)c3cc5c6ccccc6n(C)c5cc3n4C)ccc21. The van der Waals surface area contributed by atoms with Crippen LogP contribution in [0.15, 0.2) is 97.1 Å². The Balaban J connectivity index is 1.30. The average Bonchev–Trinajstić information content (AvgIpc) is 3.49. The molecule has 3 nitrogen and oxygen atoms in total. The Labute approximate surface area is 214 Å². The summed E-state index contributed by atoms with van der Waals surface area (Å²) in [6.07, 6.45) is 0.919. The zero-order valence-electron chi connectivity index (χ0n) is 21.3. The second-order valence-electron chi connectivity index (χ2n) is 10.5. The molecule has 0 unspecified atom stereocenters. The van der Waals surface area contributed by atoms with Crippen LogP contribution in [0, 0.1) is 0 Å². The van der Waals surface area contributed by atoms with Crippen LogP contribution >= 0.6 is 0 Å². The first-order chi connectivity index (χ1) is 18.1. The third-order valence-corrected chi connectivity index (χ3v) is 8.49. The van der Waals surface area contributed by atoms with Crippen LogP contribution in [0.2, 0.25) is 0 Å². The van der Waals surface area contributed by atoms with Gasteiger partial charge >= 0.3 is 0 Å². The predicted octanol–water partition coefficient (Wildman–Crippen LogP) is 8.21. The zero-order chi connectivity index (χ0) is 24.8. The van der Waals surface area contributed by atoms with E-state index in [1.807, 2.05) is 0 Å². The fourth-order valence-electron chi connectivity index (χ4n) is 6.58. The van der Waals surface area contributed by atoms with Gasteiger partial charge in [-0.3, -0.25) is 0 Å². The summed E-state index contributed by atoms with van der Waals surface area (Å²) in [4.78, 5) is 0. The Bertz CT molecular complexity index is 2200. The van der Waals surface area contributed by atoms with Gasteiger partial charge in [-0.15, -0.1) is 0 Å². The van der Waals surface area contributed by atoms with Gasteiger partial charge in [-0.05, 0) is 66.1 Å². The van der Waals surface area contributed by atoms with E-state index in [9.17, 15) is 0 Å². The van der Waals surface area contributed by atoms with Gasteiger partial charge in [-0.2, -0.15) is 0 Å². The van der Waals surface area contributed by atoms with Crippen LogP contribution in [0.25, 0.3) is 65.4 Å². The maximum Gasteiger partial charge on any atom is 0.0510 e. The van der Waals surface area contributed by atoms with Gasteiger partial charge in [-0.1, -0.05) is 48.5 Å². The Hall–Kier alpha value is -4.50. The van der Waals surface area contributed by atoms with E-state index in [4.69, 9.17) is 0 Å². The molecule has 8 rings (SSSR count). The molecule has 8 aromatic rings. The molecule has 0 fully saturated rings. The second kappa shape index (κ2) is 7.27. The van der Waals surface area contributed by atoms with E-state index < -0.39 is 0 Å². The van der Waals surface area contributed by atoms with Gasteiger partial charge in [0.2, 0.25) is 0 Å². The highest BCUT2D eigenvalue weighted by Crippen LogP contribution is 2.37. The highest BCUT2D eigenvalue weighted by molar-refractivity contribution is 6.18. The minimum atomic E-state index is 0.919. The summed E-state index contributed by atoms with van der Waals surface area (Å²) in [6.45, 7) is 0. The van der Waals surface area contributed by atoms with Gasteiger partial charge in [0.1, 0.15) is 0 Å². The van der Waals surface area contributed by atoms with E-state index in [0.717, 1.165) is 6.42 Å². The van der Waals surface area contributed by atoms with E-state index in [-0.39, 0.29) is 0 Å². The van der Waals surface area contributed by atoms with E-state index in [0.29, 0.717) is 0 Å². The molecule has 0 aliphatic rings. The van der Waals surface area contributed by atoms with E-state index in [1.54, 1.807) is 0 Å². The van der Waals surface area contributed by atoms with Crippen LogP contribution in [0.4, 0.5) is 0 Å². The van der Waals surface area contributed by atoms with Crippen molar-refractivity contribution in [3.8, 4) is 0 Å². The molecule has 0 saturated heterocycles. The van der Waals surface area contributed by atoms with Crippen molar-refractivity contribution in [1.82, 2.24) is 13.7 Å². The lowest BCUT2D eigenvalue weighted by Crippen LogP contribution is -1.91. The fourth-order valence-corrected chi connectivity index (χ4v) is 6.58. The first-order valence-electron chi connectivity index (χ1n) is 12.9. The normalized spacial score (nSPS) is 12.3. The summed E-state index contributed by atoms with van der Waals surface area (Å²) in [7, 11) is 6.52. The molecule has 0 bridgehead atoms. The maximum absolute atomic E-state index is 2.40. The highest BCUT2D eigenvalue weighted by Gasteiger charge is 2.15. The van der Waals surface area contributed by atoms with Crippen molar-refractivity contribution in [2.75, 3.05) is 0 Å².